The Bertz CT molecular complexity index is 104. The van der Waals surface area contributed by atoms with Crippen molar-refractivity contribution in [2.45, 2.75) is 46.8 Å². The summed E-state index contributed by atoms with van der Waals surface area (Å²) >= 11 is 0. The van der Waals surface area contributed by atoms with Crippen molar-refractivity contribution in [3.05, 3.63) is 0 Å². The predicted octanol–water partition coefficient (Wildman–Crippen LogP) is 2.14. The lowest BCUT2D eigenvalue weighted by molar-refractivity contribution is -0.0288. The Morgan fingerprint density at radius 2 is 1.92 bits per heavy atom. The zero-order chi connectivity index (χ0) is 9.56. The highest BCUT2D eigenvalue weighted by atomic mass is 16.5. The van der Waals surface area contributed by atoms with Crippen LogP contribution in [-0.4, -0.2) is 36.7 Å². The van der Waals surface area contributed by atoms with Crippen molar-refractivity contribution in [1.29, 1.82) is 0 Å². The SMILES string of the molecule is CC.CC1CN(C(C)C)CCO1. The average molecular weight is 173 g/mol. The fourth-order valence-electron chi connectivity index (χ4n) is 1.31. The van der Waals surface area contributed by atoms with Crippen LogP contribution in [0.2, 0.25) is 0 Å². The molecule has 1 heterocycles. The lowest BCUT2D eigenvalue weighted by Crippen LogP contribution is -2.44. The fourth-order valence-corrected chi connectivity index (χ4v) is 1.31. The number of hydrogen-bond acceptors (Lipinski definition) is 2. The quantitative estimate of drug-likeness (QED) is 0.602. The van der Waals surface area contributed by atoms with Gasteiger partial charge in [-0.1, -0.05) is 13.8 Å². The molecule has 0 aromatic heterocycles. The second kappa shape index (κ2) is 6.44. The summed E-state index contributed by atoms with van der Waals surface area (Å²) in [6, 6.07) is 0.673. The molecule has 0 aliphatic carbocycles. The third-order valence-electron chi connectivity index (χ3n) is 2.00. The normalized spacial score (nSPS) is 25.0. The van der Waals surface area contributed by atoms with Crippen molar-refractivity contribution < 1.29 is 4.74 Å². The van der Waals surface area contributed by atoms with Crippen LogP contribution in [0.5, 0.6) is 0 Å². The number of morpholine rings is 1. The van der Waals surface area contributed by atoms with Crippen molar-refractivity contribution >= 4 is 0 Å². The van der Waals surface area contributed by atoms with Gasteiger partial charge in [-0.2, -0.15) is 0 Å². The van der Waals surface area contributed by atoms with E-state index in [2.05, 4.69) is 25.7 Å². The van der Waals surface area contributed by atoms with Gasteiger partial charge >= 0.3 is 0 Å². The molecule has 2 nitrogen and oxygen atoms in total. The lowest BCUT2D eigenvalue weighted by atomic mass is 10.2. The van der Waals surface area contributed by atoms with Gasteiger partial charge in [0, 0.05) is 19.1 Å². The maximum Gasteiger partial charge on any atom is 0.0674 e. The number of rotatable bonds is 1. The number of nitrogens with zero attached hydrogens (tertiary/aromatic N) is 1. The van der Waals surface area contributed by atoms with E-state index in [1.165, 1.54) is 0 Å². The highest BCUT2D eigenvalue weighted by molar-refractivity contribution is 4.70. The molecule has 0 spiro atoms. The van der Waals surface area contributed by atoms with Crippen LogP contribution >= 0.6 is 0 Å². The van der Waals surface area contributed by atoms with Gasteiger partial charge in [0.1, 0.15) is 0 Å². The smallest absolute Gasteiger partial charge is 0.0674 e. The van der Waals surface area contributed by atoms with E-state index in [0.717, 1.165) is 19.7 Å². The molecule has 1 saturated heterocycles. The van der Waals surface area contributed by atoms with E-state index in [9.17, 15) is 0 Å². The van der Waals surface area contributed by atoms with Gasteiger partial charge in [-0.3, -0.25) is 4.90 Å². The van der Waals surface area contributed by atoms with Crippen molar-refractivity contribution in [3.63, 3.8) is 0 Å². The minimum Gasteiger partial charge on any atom is -0.376 e. The standard InChI is InChI=1S/C8H17NO.C2H6/c1-7(2)9-4-5-10-8(3)6-9;1-2/h7-8H,4-6H2,1-3H3;1-2H3. The van der Waals surface area contributed by atoms with Gasteiger partial charge in [-0.15, -0.1) is 0 Å². The highest BCUT2D eigenvalue weighted by Crippen LogP contribution is 2.07. The summed E-state index contributed by atoms with van der Waals surface area (Å²) in [6.07, 6.45) is 0.427. The minimum absolute atomic E-state index is 0.427. The van der Waals surface area contributed by atoms with Gasteiger partial charge < -0.3 is 4.74 Å². The molecular weight excluding hydrogens is 150 g/mol. The van der Waals surface area contributed by atoms with Gasteiger partial charge in [0.25, 0.3) is 0 Å². The average Bonchev–Trinajstić information content (AvgIpc) is 2.08. The summed E-state index contributed by atoms with van der Waals surface area (Å²) in [7, 11) is 0. The molecule has 1 fully saturated rings. The van der Waals surface area contributed by atoms with E-state index in [4.69, 9.17) is 4.74 Å². The van der Waals surface area contributed by atoms with Crippen molar-refractivity contribution in [2.24, 2.45) is 0 Å². The first kappa shape index (κ1) is 11.9. The molecule has 0 radical (unpaired) electrons. The van der Waals surface area contributed by atoms with Gasteiger partial charge in [0.05, 0.1) is 12.7 Å². The Labute approximate surface area is 76.9 Å². The molecule has 2 heteroatoms. The zero-order valence-electron chi connectivity index (χ0n) is 9.13. The maximum absolute atomic E-state index is 5.42. The van der Waals surface area contributed by atoms with Crippen LogP contribution in [0.4, 0.5) is 0 Å². The second-order valence-electron chi connectivity index (χ2n) is 3.27. The van der Waals surface area contributed by atoms with Crippen LogP contribution in [-0.2, 0) is 4.74 Å². The molecule has 1 unspecified atom stereocenters. The Morgan fingerprint density at radius 1 is 1.33 bits per heavy atom. The first-order valence-electron chi connectivity index (χ1n) is 5.06. The Balaban J connectivity index is 0.000000561. The molecule has 0 saturated carbocycles. The molecule has 0 bridgehead atoms. The summed E-state index contributed by atoms with van der Waals surface area (Å²) in [6.45, 7) is 13.7. The first-order chi connectivity index (χ1) is 5.70. The summed E-state index contributed by atoms with van der Waals surface area (Å²) in [5, 5.41) is 0. The Hall–Kier alpha value is -0.0800. The van der Waals surface area contributed by atoms with Crippen LogP contribution in [0, 0.1) is 0 Å². The summed E-state index contributed by atoms with van der Waals surface area (Å²) in [5.74, 6) is 0. The van der Waals surface area contributed by atoms with Crippen LogP contribution in [0.25, 0.3) is 0 Å². The van der Waals surface area contributed by atoms with E-state index in [1.807, 2.05) is 13.8 Å². The molecular formula is C10H23NO. The van der Waals surface area contributed by atoms with Crippen LogP contribution in [0.1, 0.15) is 34.6 Å². The van der Waals surface area contributed by atoms with Crippen LogP contribution in [0.3, 0.4) is 0 Å². The summed E-state index contributed by atoms with van der Waals surface area (Å²) in [5.41, 5.74) is 0. The minimum atomic E-state index is 0.427. The molecule has 0 N–H and O–H groups in total. The monoisotopic (exact) mass is 173 g/mol. The molecule has 0 aromatic carbocycles. The van der Waals surface area contributed by atoms with Crippen LogP contribution in [0.15, 0.2) is 0 Å². The van der Waals surface area contributed by atoms with Crippen molar-refractivity contribution in [3.8, 4) is 0 Å². The number of hydrogen-bond donors (Lipinski definition) is 0. The fraction of sp³-hybridized carbons (Fsp3) is 1.00. The Kier molecular flexibility index (Phi) is 6.39. The topological polar surface area (TPSA) is 12.5 Å². The summed E-state index contributed by atoms with van der Waals surface area (Å²) in [4.78, 5) is 2.45. The molecule has 1 atom stereocenters. The predicted molar refractivity (Wildman–Crippen MR) is 53.5 cm³/mol. The Morgan fingerprint density at radius 3 is 2.25 bits per heavy atom. The zero-order valence-corrected chi connectivity index (χ0v) is 9.13. The van der Waals surface area contributed by atoms with Gasteiger partial charge in [0.2, 0.25) is 0 Å². The van der Waals surface area contributed by atoms with Gasteiger partial charge in [0.15, 0.2) is 0 Å². The molecule has 1 rings (SSSR count). The number of ether oxygens (including phenoxy) is 1. The van der Waals surface area contributed by atoms with Gasteiger partial charge in [-0.05, 0) is 20.8 Å². The maximum atomic E-state index is 5.42. The lowest BCUT2D eigenvalue weighted by Gasteiger charge is -2.33. The molecule has 12 heavy (non-hydrogen) atoms. The first-order valence-corrected chi connectivity index (χ1v) is 5.06. The molecule has 0 aromatic rings. The van der Waals surface area contributed by atoms with E-state index in [-0.39, 0.29) is 0 Å². The largest absolute Gasteiger partial charge is 0.376 e. The van der Waals surface area contributed by atoms with Crippen molar-refractivity contribution in [1.82, 2.24) is 4.90 Å². The third-order valence-corrected chi connectivity index (χ3v) is 2.00. The molecule has 1 aliphatic heterocycles. The molecule has 0 amide bonds. The van der Waals surface area contributed by atoms with E-state index >= 15 is 0 Å². The second-order valence-corrected chi connectivity index (χ2v) is 3.27. The summed E-state index contributed by atoms with van der Waals surface area (Å²) < 4.78 is 5.42. The van der Waals surface area contributed by atoms with E-state index < -0.39 is 0 Å². The van der Waals surface area contributed by atoms with Crippen molar-refractivity contribution in [2.75, 3.05) is 19.7 Å². The van der Waals surface area contributed by atoms with E-state index in [1.54, 1.807) is 0 Å². The highest BCUT2D eigenvalue weighted by Gasteiger charge is 2.17. The van der Waals surface area contributed by atoms with Crippen LogP contribution < -0.4 is 0 Å². The van der Waals surface area contributed by atoms with E-state index in [0.29, 0.717) is 12.1 Å². The molecule has 1 aliphatic rings. The molecule has 74 valence electrons. The third kappa shape index (κ3) is 4.07. The van der Waals surface area contributed by atoms with Gasteiger partial charge in [-0.25, -0.2) is 0 Å².